The Bertz CT molecular complexity index is 462. The maximum Gasteiger partial charge on any atom is 0.191 e. The number of aliphatic imine (C=N–C) groups is 1. The molecule has 0 aromatic carbocycles. The van der Waals surface area contributed by atoms with Gasteiger partial charge >= 0.3 is 0 Å². The molecule has 2 atom stereocenters. The molecule has 144 valence electrons. The molecule has 1 rings (SSSR count). The first kappa shape index (κ1) is 21.9. The fraction of sp³-hybridized carbons (Fsp3) is 0.737. The highest BCUT2D eigenvalue weighted by molar-refractivity contribution is 7.09. The first-order valence-corrected chi connectivity index (χ1v) is 10.2. The minimum atomic E-state index is 0.208. The summed E-state index contributed by atoms with van der Waals surface area (Å²) in [6, 6.07) is 4.31. The van der Waals surface area contributed by atoms with Crippen LogP contribution in [0.25, 0.3) is 0 Å². The van der Waals surface area contributed by atoms with Gasteiger partial charge in [-0.05, 0) is 58.1 Å². The van der Waals surface area contributed by atoms with Crippen molar-refractivity contribution < 1.29 is 4.74 Å². The van der Waals surface area contributed by atoms with Gasteiger partial charge in [-0.3, -0.25) is 4.99 Å². The van der Waals surface area contributed by atoms with E-state index in [1.165, 1.54) is 4.88 Å². The lowest BCUT2D eigenvalue weighted by Crippen LogP contribution is -2.42. The fourth-order valence-corrected chi connectivity index (χ4v) is 3.39. The smallest absolute Gasteiger partial charge is 0.191 e. The third-order valence-corrected chi connectivity index (χ3v) is 4.73. The van der Waals surface area contributed by atoms with Crippen molar-refractivity contribution in [2.24, 2.45) is 10.9 Å². The molecule has 0 saturated carbocycles. The zero-order chi connectivity index (χ0) is 18.5. The standard InChI is InChI=1S/C19H36N4OS/c1-6-20-19(21-14-16(3)13-18-9-8-12-25-18)22-15-17(24-7-2)10-11-23(4)5/h8-9,12,16-17H,6-7,10-11,13-15H2,1-5H3,(H2,20,21,22). The molecule has 1 aromatic rings. The van der Waals surface area contributed by atoms with E-state index < -0.39 is 0 Å². The molecular formula is C19H36N4OS. The molecule has 2 unspecified atom stereocenters. The lowest BCUT2D eigenvalue weighted by Gasteiger charge is -2.21. The Morgan fingerprint density at radius 3 is 2.72 bits per heavy atom. The molecule has 0 aliphatic heterocycles. The monoisotopic (exact) mass is 368 g/mol. The quantitative estimate of drug-likeness (QED) is 0.440. The summed E-state index contributed by atoms with van der Waals surface area (Å²) in [7, 11) is 4.19. The van der Waals surface area contributed by atoms with Crippen molar-refractivity contribution in [1.82, 2.24) is 15.5 Å². The normalized spacial score (nSPS) is 14.6. The van der Waals surface area contributed by atoms with E-state index in [0.29, 0.717) is 5.92 Å². The third-order valence-electron chi connectivity index (χ3n) is 3.83. The molecule has 5 nitrogen and oxygen atoms in total. The molecule has 0 bridgehead atoms. The summed E-state index contributed by atoms with van der Waals surface area (Å²) in [5.41, 5.74) is 0. The van der Waals surface area contributed by atoms with Crippen LogP contribution in [-0.2, 0) is 11.2 Å². The zero-order valence-electron chi connectivity index (χ0n) is 16.5. The van der Waals surface area contributed by atoms with Crippen LogP contribution in [0, 0.1) is 5.92 Å². The molecular weight excluding hydrogens is 332 g/mol. The first-order valence-electron chi connectivity index (χ1n) is 9.36. The second-order valence-electron chi connectivity index (χ2n) is 6.66. The Hall–Kier alpha value is -1.11. The maximum absolute atomic E-state index is 5.85. The number of rotatable bonds is 12. The van der Waals surface area contributed by atoms with Gasteiger partial charge in [-0.25, -0.2) is 0 Å². The number of nitrogens with zero attached hydrogens (tertiary/aromatic N) is 2. The molecule has 1 heterocycles. The summed E-state index contributed by atoms with van der Waals surface area (Å²) >= 11 is 1.82. The van der Waals surface area contributed by atoms with Gasteiger partial charge in [0.05, 0.1) is 6.10 Å². The fourth-order valence-electron chi connectivity index (χ4n) is 2.52. The number of hydrogen-bond donors (Lipinski definition) is 2. The third kappa shape index (κ3) is 10.5. The van der Waals surface area contributed by atoms with Gasteiger partial charge in [0.1, 0.15) is 0 Å². The number of thiophene rings is 1. The predicted molar refractivity (Wildman–Crippen MR) is 110 cm³/mol. The number of nitrogens with one attached hydrogen (secondary N) is 2. The van der Waals surface area contributed by atoms with Crippen molar-refractivity contribution in [2.75, 3.05) is 46.9 Å². The molecule has 0 saturated heterocycles. The van der Waals surface area contributed by atoms with Crippen molar-refractivity contribution in [3.8, 4) is 0 Å². The topological polar surface area (TPSA) is 48.9 Å². The summed E-state index contributed by atoms with van der Waals surface area (Å²) in [5, 5.41) is 8.91. The molecule has 0 spiro atoms. The average molecular weight is 369 g/mol. The molecule has 1 aromatic heterocycles. The van der Waals surface area contributed by atoms with Gasteiger partial charge < -0.3 is 20.3 Å². The van der Waals surface area contributed by atoms with E-state index in [2.05, 4.69) is 61.0 Å². The highest BCUT2D eigenvalue weighted by Crippen LogP contribution is 2.14. The van der Waals surface area contributed by atoms with Crippen molar-refractivity contribution in [3.63, 3.8) is 0 Å². The van der Waals surface area contributed by atoms with Crippen molar-refractivity contribution >= 4 is 17.3 Å². The Labute approximate surface area is 157 Å². The van der Waals surface area contributed by atoms with Crippen LogP contribution < -0.4 is 10.6 Å². The second kappa shape index (κ2) is 13.1. The molecule has 25 heavy (non-hydrogen) atoms. The largest absolute Gasteiger partial charge is 0.377 e. The van der Waals surface area contributed by atoms with E-state index in [9.17, 15) is 0 Å². The SMILES string of the molecule is CCNC(=NCC(C)Cc1cccs1)NCC(CCN(C)C)OCC. The van der Waals surface area contributed by atoms with Crippen molar-refractivity contribution in [2.45, 2.75) is 39.7 Å². The van der Waals surface area contributed by atoms with Gasteiger partial charge in [0.25, 0.3) is 0 Å². The van der Waals surface area contributed by atoms with Crippen LogP contribution in [0.4, 0.5) is 0 Å². The molecule has 6 heteroatoms. The van der Waals surface area contributed by atoms with E-state index >= 15 is 0 Å². The number of guanidine groups is 1. The van der Waals surface area contributed by atoms with E-state index in [1.54, 1.807) is 0 Å². The molecule has 0 radical (unpaired) electrons. The van der Waals surface area contributed by atoms with E-state index in [4.69, 9.17) is 9.73 Å². The Morgan fingerprint density at radius 2 is 2.12 bits per heavy atom. The van der Waals surface area contributed by atoms with Gasteiger partial charge in [-0.15, -0.1) is 11.3 Å². The van der Waals surface area contributed by atoms with Gasteiger partial charge in [-0.2, -0.15) is 0 Å². The van der Waals surface area contributed by atoms with Crippen LogP contribution >= 0.6 is 11.3 Å². The van der Waals surface area contributed by atoms with Crippen molar-refractivity contribution in [3.05, 3.63) is 22.4 Å². The van der Waals surface area contributed by atoms with Gasteiger partial charge in [-0.1, -0.05) is 13.0 Å². The zero-order valence-corrected chi connectivity index (χ0v) is 17.4. The summed E-state index contributed by atoms with van der Waals surface area (Å²) in [6.07, 6.45) is 2.31. The Kier molecular flexibility index (Phi) is 11.5. The lowest BCUT2D eigenvalue weighted by atomic mass is 10.1. The highest BCUT2D eigenvalue weighted by Gasteiger charge is 2.11. The van der Waals surface area contributed by atoms with E-state index in [1.807, 2.05) is 18.3 Å². The van der Waals surface area contributed by atoms with Crippen LogP contribution in [0.3, 0.4) is 0 Å². The summed E-state index contributed by atoms with van der Waals surface area (Å²) < 4.78 is 5.85. The van der Waals surface area contributed by atoms with Crippen LogP contribution in [0.5, 0.6) is 0 Å². The van der Waals surface area contributed by atoms with Gasteiger partial charge in [0.15, 0.2) is 5.96 Å². The minimum Gasteiger partial charge on any atom is -0.377 e. The van der Waals surface area contributed by atoms with Crippen molar-refractivity contribution in [1.29, 1.82) is 0 Å². The Morgan fingerprint density at radius 1 is 1.32 bits per heavy atom. The van der Waals surface area contributed by atoms with E-state index in [0.717, 1.165) is 51.6 Å². The molecule has 0 aliphatic carbocycles. The second-order valence-corrected chi connectivity index (χ2v) is 7.69. The number of hydrogen-bond acceptors (Lipinski definition) is 4. The molecule has 2 N–H and O–H groups in total. The molecule has 0 fully saturated rings. The van der Waals surface area contributed by atoms with Gasteiger partial charge in [0.2, 0.25) is 0 Å². The summed E-state index contributed by atoms with van der Waals surface area (Å²) in [5.74, 6) is 1.42. The molecule has 0 amide bonds. The maximum atomic E-state index is 5.85. The Balaban J connectivity index is 2.46. The van der Waals surface area contributed by atoms with Crippen LogP contribution in [-0.4, -0.2) is 63.8 Å². The van der Waals surface area contributed by atoms with Crippen LogP contribution in [0.2, 0.25) is 0 Å². The summed E-state index contributed by atoms with van der Waals surface area (Å²) in [6.45, 7) is 10.6. The van der Waals surface area contributed by atoms with E-state index in [-0.39, 0.29) is 6.10 Å². The highest BCUT2D eigenvalue weighted by atomic mass is 32.1. The molecule has 0 aliphatic rings. The predicted octanol–water partition coefficient (Wildman–Crippen LogP) is 2.84. The average Bonchev–Trinajstić information content (AvgIpc) is 3.07. The van der Waals surface area contributed by atoms with Crippen LogP contribution in [0.1, 0.15) is 32.1 Å². The lowest BCUT2D eigenvalue weighted by molar-refractivity contribution is 0.0548. The number of ether oxygens (including phenoxy) is 1. The van der Waals surface area contributed by atoms with Crippen LogP contribution in [0.15, 0.2) is 22.5 Å². The minimum absolute atomic E-state index is 0.208. The van der Waals surface area contributed by atoms with Gasteiger partial charge in [0, 0.05) is 37.7 Å². The summed E-state index contributed by atoms with van der Waals surface area (Å²) in [4.78, 5) is 8.38. The first-order chi connectivity index (χ1) is 12.0.